The van der Waals surface area contributed by atoms with E-state index in [0.717, 1.165) is 18.3 Å². The molecule has 0 aliphatic heterocycles. The SMILES string of the molecule is CCOc1ccc(NC2C3(C)CCC(C3)C2(C)C)c(C)c1. The van der Waals surface area contributed by atoms with Gasteiger partial charge in [-0.25, -0.2) is 0 Å². The third-order valence-corrected chi connectivity index (χ3v) is 6.08. The first-order valence-corrected chi connectivity index (χ1v) is 8.37. The number of hydrogen-bond donors (Lipinski definition) is 1. The third-order valence-electron chi connectivity index (χ3n) is 6.08. The van der Waals surface area contributed by atoms with Crippen molar-refractivity contribution in [2.45, 2.75) is 59.9 Å². The molecule has 116 valence electrons. The van der Waals surface area contributed by atoms with Crippen molar-refractivity contribution in [3.05, 3.63) is 23.8 Å². The highest BCUT2D eigenvalue weighted by atomic mass is 16.5. The Morgan fingerprint density at radius 2 is 2.05 bits per heavy atom. The monoisotopic (exact) mass is 287 g/mol. The Labute approximate surface area is 129 Å². The van der Waals surface area contributed by atoms with E-state index in [2.05, 4.69) is 51.2 Å². The molecule has 1 N–H and O–H groups in total. The second kappa shape index (κ2) is 4.93. The van der Waals surface area contributed by atoms with Gasteiger partial charge in [0.1, 0.15) is 5.75 Å². The predicted molar refractivity (Wildman–Crippen MR) is 89.0 cm³/mol. The first-order chi connectivity index (χ1) is 9.87. The molecule has 2 fully saturated rings. The van der Waals surface area contributed by atoms with Crippen LogP contribution in [0, 0.1) is 23.7 Å². The van der Waals surface area contributed by atoms with Gasteiger partial charge in [-0.3, -0.25) is 0 Å². The molecule has 1 aromatic rings. The predicted octanol–water partition coefficient (Wildman–Crippen LogP) is 5.02. The summed E-state index contributed by atoms with van der Waals surface area (Å²) in [5.74, 6) is 1.85. The van der Waals surface area contributed by atoms with Crippen LogP contribution in [0.25, 0.3) is 0 Å². The lowest BCUT2D eigenvalue weighted by Gasteiger charge is -2.44. The summed E-state index contributed by atoms with van der Waals surface area (Å²) >= 11 is 0. The number of hydrogen-bond acceptors (Lipinski definition) is 2. The van der Waals surface area contributed by atoms with E-state index >= 15 is 0 Å². The maximum Gasteiger partial charge on any atom is 0.119 e. The Balaban J connectivity index is 1.83. The van der Waals surface area contributed by atoms with Crippen LogP contribution in [0.2, 0.25) is 0 Å². The minimum Gasteiger partial charge on any atom is -0.494 e. The molecule has 2 heteroatoms. The summed E-state index contributed by atoms with van der Waals surface area (Å²) in [5, 5.41) is 3.89. The van der Waals surface area contributed by atoms with E-state index in [4.69, 9.17) is 4.74 Å². The molecule has 2 aliphatic carbocycles. The smallest absolute Gasteiger partial charge is 0.119 e. The van der Waals surface area contributed by atoms with Crippen molar-refractivity contribution in [1.29, 1.82) is 0 Å². The molecule has 0 radical (unpaired) electrons. The number of fused-ring (bicyclic) bond motifs is 2. The fraction of sp³-hybridized carbons (Fsp3) is 0.684. The van der Waals surface area contributed by atoms with Crippen molar-refractivity contribution < 1.29 is 4.74 Å². The Morgan fingerprint density at radius 1 is 1.29 bits per heavy atom. The van der Waals surface area contributed by atoms with Crippen molar-refractivity contribution >= 4 is 5.69 Å². The van der Waals surface area contributed by atoms with Gasteiger partial charge in [-0.15, -0.1) is 0 Å². The van der Waals surface area contributed by atoms with Crippen molar-refractivity contribution in [2.75, 3.05) is 11.9 Å². The Hall–Kier alpha value is -1.18. The van der Waals surface area contributed by atoms with Gasteiger partial charge in [-0.05, 0) is 73.6 Å². The van der Waals surface area contributed by atoms with Gasteiger partial charge in [0.25, 0.3) is 0 Å². The lowest BCUT2D eigenvalue weighted by Crippen LogP contribution is -2.45. The van der Waals surface area contributed by atoms with Crippen LogP contribution in [0.4, 0.5) is 5.69 Å². The zero-order valence-corrected chi connectivity index (χ0v) is 14.1. The van der Waals surface area contributed by atoms with E-state index in [1.54, 1.807) is 0 Å². The zero-order valence-electron chi connectivity index (χ0n) is 14.1. The molecule has 2 nitrogen and oxygen atoms in total. The van der Waals surface area contributed by atoms with Gasteiger partial charge < -0.3 is 10.1 Å². The van der Waals surface area contributed by atoms with E-state index < -0.39 is 0 Å². The van der Waals surface area contributed by atoms with Crippen LogP contribution in [0.1, 0.15) is 52.5 Å². The topological polar surface area (TPSA) is 21.3 Å². The molecule has 2 bridgehead atoms. The van der Waals surface area contributed by atoms with Crippen LogP contribution in [-0.2, 0) is 0 Å². The van der Waals surface area contributed by atoms with Crippen LogP contribution in [-0.4, -0.2) is 12.6 Å². The van der Waals surface area contributed by atoms with Gasteiger partial charge in [0.15, 0.2) is 0 Å². The Bertz CT molecular complexity index is 532. The fourth-order valence-corrected chi connectivity index (χ4v) is 4.87. The average Bonchev–Trinajstić information content (AvgIpc) is 2.88. The van der Waals surface area contributed by atoms with E-state index in [1.807, 2.05) is 6.92 Å². The standard InChI is InChI=1S/C19H29NO/c1-6-21-15-7-8-16(13(2)11-15)20-17-18(3,4)14-9-10-19(17,5)12-14/h7-8,11,14,17,20H,6,9-10,12H2,1-5H3. The molecule has 2 saturated carbocycles. The first-order valence-electron chi connectivity index (χ1n) is 8.37. The third kappa shape index (κ3) is 2.33. The summed E-state index contributed by atoms with van der Waals surface area (Å²) in [6.45, 7) is 12.3. The molecule has 1 aromatic carbocycles. The average molecular weight is 287 g/mol. The quantitative estimate of drug-likeness (QED) is 0.839. The molecule has 2 aliphatic rings. The van der Waals surface area contributed by atoms with Gasteiger partial charge in [0.05, 0.1) is 6.61 Å². The van der Waals surface area contributed by atoms with Crippen molar-refractivity contribution in [2.24, 2.45) is 16.7 Å². The van der Waals surface area contributed by atoms with E-state index in [-0.39, 0.29) is 0 Å². The van der Waals surface area contributed by atoms with Gasteiger partial charge >= 0.3 is 0 Å². The van der Waals surface area contributed by atoms with Crippen LogP contribution < -0.4 is 10.1 Å². The van der Waals surface area contributed by atoms with Gasteiger partial charge in [0.2, 0.25) is 0 Å². The minimum atomic E-state index is 0.387. The lowest BCUT2D eigenvalue weighted by molar-refractivity contribution is 0.155. The van der Waals surface area contributed by atoms with E-state index in [9.17, 15) is 0 Å². The molecule has 3 rings (SSSR count). The molecule has 0 heterocycles. The normalized spacial score (nSPS) is 33.2. The summed E-state index contributed by atoms with van der Waals surface area (Å²) < 4.78 is 5.59. The number of ether oxygens (including phenoxy) is 1. The molecule has 0 amide bonds. The largest absolute Gasteiger partial charge is 0.494 e. The van der Waals surface area contributed by atoms with Crippen LogP contribution in [0.3, 0.4) is 0 Å². The lowest BCUT2D eigenvalue weighted by atomic mass is 9.68. The number of anilines is 1. The first kappa shape index (κ1) is 14.7. The molecule has 0 spiro atoms. The van der Waals surface area contributed by atoms with Gasteiger partial charge in [-0.2, -0.15) is 0 Å². The number of rotatable bonds is 4. The summed E-state index contributed by atoms with van der Waals surface area (Å²) in [5.41, 5.74) is 3.39. The van der Waals surface area contributed by atoms with Crippen molar-refractivity contribution in [3.63, 3.8) is 0 Å². The number of benzene rings is 1. The molecule has 0 saturated heterocycles. The molecular formula is C19H29NO. The summed E-state index contributed by atoms with van der Waals surface area (Å²) in [4.78, 5) is 0. The maximum atomic E-state index is 5.59. The summed E-state index contributed by atoms with van der Waals surface area (Å²) in [6.07, 6.45) is 4.16. The van der Waals surface area contributed by atoms with E-state index in [0.29, 0.717) is 16.9 Å². The second-order valence-corrected chi connectivity index (χ2v) is 7.90. The second-order valence-electron chi connectivity index (χ2n) is 7.90. The Morgan fingerprint density at radius 3 is 2.62 bits per heavy atom. The van der Waals surface area contributed by atoms with E-state index in [1.165, 1.54) is 30.5 Å². The highest BCUT2D eigenvalue weighted by Gasteiger charge is 2.59. The summed E-state index contributed by atoms with van der Waals surface area (Å²) in [6, 6.07) is 6.99. The molecular weight excluding hydrogens is 258 g/mol. The van der Waals surface area contributed by atoms with Gasteiger partial charge in [-0.1, -0.05) is 20.8 Å². The number of aryl methyl sites for hydroxylation is 1. The fourth-order valence-electron chi connectivity index (χ4n) is 4.87. The molecule has 3 unspecified atom stereocenters. The van der Waals surface area contributed by atoms with Crippen LogP contribution in [0.5, 0.6) is 5.75 Å². The maximum absolute atomic E-state index is 5.59. The molecule has 0 aromatic heterocycles. The van der Waals surface area contributed by atoms with Crippen LogP contribution >= 0.6 is 0 Å². The minimum absolute atomic E-state index is 0.387. The zero-order chi connectivity index (χ0) is 15.3. The molecule has 21 heavy (non-hydrogen) atoms. The Kier molecular flexibility index (Phi) is 3.46. The highest BCUT2D eigenvalue weighted by molar-refractivity contribution is 5.55. The molecule has 3 atom stereocenters. The summed E-state index contributed by atoms with van der Waals surface area (Å²) in [7, 11) is 0. The highest BCUT2D eigenvalue weighted by Crippen LogP contribution is 2.63. The van der Waals surface area contributed by atoms with Crippen molar-refractivity contribution in [1.82, 2.24) is 0 Å². The van der Waals surface area contributed by atoms with Crippen molar-refractivity contribution in [3.8, 4) is 5.75 Å². The van der Waals surface area contributed by atoms with Crippen LogP contribution in [0.15, 0.2) is 18.2 Å². The van der Waals surface area contributed by atoms with Gasteiger partial charge in [0, 0.05) is 11.7 Å². The number of nitrogens with one attached hydrogen (secondary N) is 1.